The third-order valence-corrected chi connectivity index (χ3v) is 7.64. The Bertz CT molecular complexity index is 1000. The van der Waals surface area contributed by atoms with Gasteiger partial charge in [0.1, 0.15) is 6.04 Å². The van der Waals surface area contributed by atoms with Crippen molar-refractivity contribution in [1.82, 2.24) is 4.90 Å². The van der Waals surface area contributed by atoms with E-state index in [0.29, 0.717) is 5.69 Å². The predicted octanol–water partition coefficient (Wildman–Crippen LogP) is 3.38. The number of hydrogen-bond donors (Lipinski definition) is 1. The highest BCUT2D eigenvalue weighted by Gasteiger charge is 2.61. The minimum atomic E-state index is -1.04. The molecule has 2 bridgehead atoms. The van der Waals surface area contributed by atoms with E-state index >= 15 is 0 Å². The van der Waals surface area contributed by atoms with Crippen molar-refractivity contribution in [3.05, 3.63) is 39.9 Å². The molecule has 7 nitrogen and oxygen atoms in total. The number of carbonyl (C=O) groups is 4. The van der Waals surface area contributed by atoms with E-state index in [4.69, 9.17) is 4.74 Å². The van der Waals surface area contributed by atoms with Crippen LogP contribution in [0.2, 0.25) is 0 Å². The van der Waals surface area contributed by atoms with Gasteiger partial charge in [-0.2, -0.15) is 0 Å². The fraction of sp³-hybridized carbons (Fsp3) is 0.500. The number of esters is 1. The highest BCUT2D eigenvalue weighted by molar-refractivity contribution is 9.10. The quantitative estimate of drug-likeness (QED) is 0.365. The standard InChI is InChI=1S/C24H27BrN2O5/c1-11(2)21(27-22(29)19-14-5-6-15(9-14)20(19)23(27)30)24(31)32-10-18(28)26-17-8-12(3)16(25)7-13(17)4/h5-8,11,14-15,19-21H,9-10H2,1-4H3,(H,26,28)/t14-,15-,19-,20-,21-/m0/s1. The number of hydrogen-bond acceptors (Lipinski definition) is 5. The largest absolute Gasteiger partial charge is 0.454 e. The van der Waals surface area contributed by atoms with Crippen LogP contribution in [0.15, 0.2) is 28.8 Å². The van der Waals surface area contributed by atoms with E-state index in [1.54, 1.807) is 13.8 Å². The van der Waals surface area contributed by atoms with Gasteiger partial charge in [0.2, 0.25) is 11.8 Å². The van der Waals surface area contributed by atoms with Gasteiger partial charge in [0.15, 0.2) is 6.61 Å². The van der Waals surface area contributed by atoms with Crippen molar-refractivity contribution in [2.24, 2.45) is 29.6 Å². The molecule has 1 aliphatic heterocycles. The molecule has 1 saturated heterocycles. The van der Waals surface area contributed by atoms with Gasteiger partial charge in [-0.05, 0) is 61.3 Å². The van der Waals surface area contributed by atoms with Gasteiger partial charge in [-0.3, -0.25) is 19.3 Å². The van der Waals surface area contributed by atoms with Crippen LogP contribution in [-0.4, -0.2) is 41.2 Å². The number of aryl methyl sites for hydroxylation is 2. The van der Waals surface area contributed by atoms with Gasteiger partial charge < -0.3 is 10.1 Å². The molecule has 3 aliphatic rings. The van der Waals surface area contributed by atoms with Crippen molar-refractivity contribution in [2.45, 2.75) is 40.2 Å². The molecule has 3 amide bonds. The van der Waals surface area contributed by atoms with E-state index < -0.39 is 24.5 Å². The maximum atomic E-state index is 13.1. The Kier molecular flexibility index (Phi) is 6.00. The van der Waals surface area contributed by atoms with E-state index in [9.17, 15) is 19.2 Å². The number of fused-ring (bicyclic) bond motifs is 5. The number of nitrogens with zero attached hydrogens (tertiary/aromatic N) is 1. The van der Waals surface area contributed by atoms with Gasteiger partial charge in [0.25, 0.3) is 5.91 Å². The Morgan fingerprint density at radius 1 is 1.09 bits per heavy atom. The zero-order valence-corrected chi connectivity index (χ0v) is 20.1. The fourth-order valence-electron chi connectivity index (χ4n) is 5.20. The monoisotopic (exact) mass is 502 g/mol. The number of rotatable bonds is 6. The molecule has 0 radical (unpaired) electrons. The molecule has 1 saturated carbocycles. The van der Waals surface area contributed by atoms with Crippen LogP contribution in [0.4, 0.5) is 5.69 Å². The van der Waals surface area contributed by atoms with Crippen molar-refractivity contribution in [3.63, 3.8) is 0 Å². The maximum absolute atomic E-state index is 13.1. The van der Waals surface area contributed by atoms with E-state index in [1.807, 2.05) is 38.1 Å². The predicted molar refractivity (Wildman–Crippen MR) is 121 cm³/mol. The normalized spacial score (nSPS) is 26.6. The topological polar surface area (TPSA) is 92.8 Å². The summed E-state index contributed by atoms with van der Waals surface area (Å²) < 4.78 is 6.21. The molecular formula is C24H27BrN2O5. The van der Waals surface area contributed by atoms with Gasteiger partial charge in [-0.15, -0.1) is 0 Å². The number of halogens is 1. The Hall–Kier alpha value is -2.48. The number of nitrogens with one attached hydrogen (secondary N) is 1. The summed E-state index contributed by atoms with van der Waals surface area (Å²) in [6, 6.07) is 2.69. The molecule has 32 heavy (non-hydrogen) atoms. The number of amides is 3. The smallest absolute Gasteiger partial charge is 0.330 e. The van der Waals surface area contributed by atoms with Gasteiger partial charge >= 0.3 is 5.97 Å². The molecule has 0 unspecified atom stereocenters. The van der Waals surface area contributed by atoms with E-state index in [1.165, 1.54) is 0 Å². The number of likely N-dealkylation sites (tertiary alicyclic amines) is 1. The number of imide groups is 1. The average molecular weight is 503 g/mol. The first kappa shape index (κ1) is 22.7. The SMILES string of the molecule is Cc1cc(NC(=O)COC(=O)[C@H](C(C)C)N2C(=O)[C@@H]3[C@@H](C2=O)[C@H]2C=C[C@H]3C2)c(C)cc1Br. The number of carbonyl (C=O) groups excluding carboxylic acids is 4. The first-order valence-corrected chi connectivity index (χ1v) is 11.7. The highest BCUT2D eigenvalue weighted by Crippen LogP contribution is 2.53. The summed E-state index contributed by atoms with van der Waals surface area (Å²) in [6.07, 6.45) is 4.85. The lowest BCUT2D eigenvalue weighted by Crippen LogP contribution is -2.50. The Balaban J connectivity index is 1.42. The second-order valence-electron chi connectivity index (χ2n) is 9.31. The Labute approximate surface area is 195 Å². The van der Waals surface area contributed by atoms with Crippen molar-refractivity contribution >= 4 is 45.3 Å². The maximum Gasteiger partial charge on any atom is 0.330 e. The number of benzene rings is 1. The first-order chi connectivity index (χ1) is 15.1. The summed E-state index contributed by atoms with van der Waals surface area (Å²) in [7, 11) is 0. The lowest BCUT2D eigenvalue weighted by molar-refractivity contribution is -0.162. The van der Waals surface area contributed by atoms with Crippen molar-refractivity contribution in [3.8, 4) is 0 Å². The van der Waals surface area contributed by atoms with Gasteiger partial charge in [-0.25, -0.2) is 4.79 Å². The molecule has 8 heteroatoms. The molecular weight excluding hydrogens is 476 g/mol. The van der Waals surface area contributed by atoms with Crippen LogP contribution in [0, 0.1) is 43.4 Å². The van der Waals surface area contributed by atoms with Crippen LogP contribution in [0.25, 0.3) is 0 Å². The summed E-state index contributed by atoms with van der Waals surface area (Å²) in [5.74, 6) is -2.76. The molecule has 1 aromatic rings. The minimum absolute atomic E-state index is 0.0682. The Morgan fingerprint density at radius 2 is 1.69 bits per heavy atom. The molecule has 0 aromatic heterocycles. The molecule has 170 valence electrons. The van der Waals surface area contributed by atoms with Crippen molar-refractivity contribution < 1.29 is 23.9 Å². The zero-order chi connectivity index (χ0) is 23.3. The van der Waals surface area contributed by atoms with E-state index in [0.717, 1.165) is 26.9 Å². The van der Waals surface area contributed by atoms with E-state index in [-0.39, 0.29) is 41.4 Å². The molecule has 1 aromatic carbocycles. The highest BCUT2D eigenvalue weighted by atomic mass is 79.9. The van der Waals surface area contributed by atoms with Crippen LogP contribution in [0.3, 0.4) is 0 Å². The number of allylic oxidation sites excluding steroid dienone is 2. The molecule has 2 aliphatic carbocycles. The Morgan fingerprint density at radius 3 is 2.25 bits per heavy atom. The molecule has 4 rings (SSSR count). The fourth-order valence-corrected chi connectivity index (χ4v) is 5.66. The average Bonchev–Trinajstić information content (AvgIpc) is 3.40. The minimum Gasteiger partial charge on any atom is -0.454 e. The number of ether oxygens (including phenoxy) is 1. The summed E-state index contributed by atoms with van der Waals surface area (Å²) in [5.41, 5.74) is 2.46. The van der Waals surface area contributed by atoms with Crippen LogP contribution in [0.1, 0.15) is 31.4 Å². The second-order valence-corrected chi connectivity index (χ2v) is 10.2. The van der Waals surface area contributed by atoms with E-state index in [2.05, 4.69) is 21.2 Å². The lowest BCUT2D eigenvalue weighted by Gasteiger charge is -2.28. The van der Waals surface area contributed by atoms with Crippen molar-refractivity contribution in [1.29, 1.82) is 0 Å². The molecule has 1 N–H and O–H groups in total. The summed E-state index contributed by atoms with van der Waals surface area (Å²) in [6.45, 7) is 6.81. The summed E-state index contributed by atoms with van der Waals surface area (Å²) >= 11 is 3.45. The first-order valence-electron chi connectivity index (χ1n) is 10.9. The summed E-state index contributed by atoms with van der Waals surface area (Å²) in [4.78, 5) is 52.6. The van der Waals surface area contributed by atoms with Gasteiger partial charge in [0.05, 0.1) is 11.8 Å². The van der Waals surface area contributed by atoms with Crippen LogP contribution < -0.4 is 5.32 Å². The molecule has 0 spiro atoms. The van der Waals surface area contributed by atoms with Gasteiger partial charge in [0, 0.05) is 10.2 Å². The molecule has 2 fully saturated rings. The van der Waals surface area contributed by atoms with Crippen LogP contribution >= 0.6 is 15.9 Å². The van der Waals surface area contributed by atoms with Crippen molar-refractivity contribution in [2.75, 3.05) is 11.9 Å². The third kappa shape index (κ3) is 3.78. The van der Waals surface area contributed by atoms with Crippen LogP contribution in [-0.2, 0) is 23.9 Å². The summed E-state index contributed by atoms with van der Waals surface area (Å²) in [5, 5.41) is 2.75. The lowest BCUT2D eigenvalue weighted by atomic mass is 9.85. The number of anilines is 1. The molecule has 1 heterocycles. The second kappa shape index (κ2) is 8.46. The third-order valence-electron chi connectivity index (χ3n) is 6.78. The van der Waals surface area contributed by atoms with Crippen LogP contribution in [0.5, 0.6) is 0 Å². The molecule has 5 atom stereocenters. The van der Waals surface area contributed by atoms with Gasteiger partial charge in [-0.1, -0.05) is 41.9 Å². The zero-order valence-electron chi connectivity index (χ0n) is 18.6.